The number of benzene rings is 2. The lowest BCUT2D eigenvalue weighted by molar-refractivity contribution is -0.641. The van der Waals surface area contributed by atoms with Gasteiger partial charge in [-0.25, -0.2) is 0 Å². The van der Waals surface area contributed by atoms with Gasteiger partial charge in [-0.2, -0.15) is 0 Å². The molecule has 0 unspecified atom stereocenters. The molecule has 0 aliphatic rings. The molecule has 0 fully saturated rings. The zero-order chi connectivity index (χ0) is 14.6. The number of hydrogen-bond acceptors (Lipinski definition) is 3. The number of halogens is 2. The number of pyridine rings is 1. The molecular weight excluding hydrogens is 398 g/mol. The van der Waals surface area contributed by atoms with Crippen LogP contribution in [0.3, 0.4) is 0 Å². The Morgan fingerprint density at radius 1 is 1.00 bits per heavy atom. The molecule has 0 aliphatic carbocycles. The van der Waals surface area contributed by atoms with Crippen LogP contribution in [-0.4, -0.2) is 10.1 Å². The highest BCUT2D eigenvalue weighted by Gasteiger charge is 2.16. The Kier molecular flexibility index (Phi) is 2.83. The maximum atomic E-state index is 12.1. The van der Waals surface area contributed by atoms with Crippen molar-refractivity contribution in [3.63, 3.8) is 0 Å². The summed E-state index contributed by atoms with van der Waals surface area (Å²) in [5, 5.41) is 18.8. The van der Waals surface area contributed by atoms with Crippen molar-refractivity contribution in [1.82, 2.24) is 10.1 Å². The van der Waals surface area contributed by atoms with Crippen LogP contribution in [0.2, 0.25) is 0 Å². The largest absolute Gasteiger partial charge is 0.690 e. The van der Waals surface area contributed by atoms with Crippen molar-refractivity contribution >= 4 is 64.7 Å². The van der Waals surface area contributed by atoms with Gasteiger partial charge in [0.25, 0.3) is 0 Å². The highest BCUT2D eigenvalue weighted by molar-refractivity contribution is 9.11. The molecule has 2 aromatic carbocycles. The Labute approximate surface area is 136 Å². The lowest BCUT2D eigenvalue weighted by Crippen LogP contribution is -2.32. The molecule has 4 nitrogen and oxygen atoms in total. The molecule has 4 rings (SSSR count). The normalized spacial score (nSPS) is 11.5. The summed E-state index contributed by atoms with van der Waals surface area (Å²) in [6.45, 7) is 0. The summed E-state index contributed by atoms with van der Waals surface area (Å²) >= 11 is 6.96. The van der Waals surface area contributed by atoms with E-state index in [1.807, 2.05) is 42.5 Å². The van der Waals surface area contributed by atoms with Crippen molar-refractivity contribution < 1.29 is 4.85 Å². The Morgan fingerprint density at radius 2 is 1.81 bits per heavy atom. The quantitative estimate of drug-likeness (QED) is 0.192. The summed E-state index contributed by atoms with van der Waals surface area (Å²) in [5.74, 6) is 0. The minimum atomic E-state index is 0.323. The van der Waals surface area contributed by atoms with Crippen molar-refractivity contribution in [2.24, 2.45) is 0 Å². The monoisotopic (exact) mass is 403 g/mol. The Morgan fingerprint density at radius 3 is 2.67 bits per heavy atom. The highest BCUT2D eigenvalue weighted by Crippen LogP contribution is 2.30. The fourth-order valence-electron chi connectivity index (χ4n) is 2.48. The highest BCUT2D eigenvalue weighted by atomic mass is 79.9. The van der Waals surface area contributed by atoms with Crippen molar-refractivity contribution in [2.45, 2.75) is 0 Å². The average Bonchev–Trinajstić information content (AvgIpc) is 2.46. The second-order valence-corrected chi connectivity index (χ2v) is 6.48. The van der Waals surface area contributed by atoms with E-state index in [0.717, 1.165) is 30.6 Å². The van der Waals surface area contributed by atoms with Gasteiger partial charge in [-0.1, -0.05) is 39.2 Å². The van der Waals surface area contributed by atoms with Crippen molar-refractivity contribution in [2.75, 3.05) is 0 Å². The van der Waals surface area contributed by atoms with E-state index < -0.39 is 0 Å². The van der Waals surface area contributed by atoms with Crippen molar-refractivity contribution in [1.29, 1.82) is 0 Å². The van der Waals surface area contributed by atoms with Gasteiger partial charge in [0.1, 0.15) is 5.52 Å². The molecule has 0 radical (unpaired) electrons. The van der Waals surface area contributed by atoms with Gasteiger partial charge in [0, 0.05) is 15.2 Å². The minimum Gasteiger partial charge on any atom is -0.690 e. The van der Waals surface area contributed by atoms with Crippen LogP contribution in [0.4, 0.5) is 0 Å². The molecule has 102 valence electrons. The molecule has 0 saturated carbocycles. The van der Waals surface area contributed by atoms with Crippen LogP contribution in [0.1, 0.15) is 0 Å². The van der Waals surface area contributed by atoms with E-state index in [-0.39, 0.29) is 0 Å². The van der Waals surface area contributed by atoms with Gasteiger partial charge in [0.05, 0.1) is 9.86 Å². The molecular formula is C15H7Br2N3O. The zero-order valence-corrected chi connectivity index (χ0v) is 13.7. The van der Waals surface area contributed by atoms with E-state index in [1.54, 1.807) is 0 Å². The van der Waals surface area contributed by atoms with Gasteiger partial charge in [-0.05, 0) is 45.2 Å². The number of nitrogens with zero attached hydrogens (tertiary/aromatic N) is 3. The van der Waals surface area contributed by atoms with Crippen molar-refractivity contribution in [3.8, 4) is 0 Å². The molecule has 21 heavy (non-hydrogen) atoms. The summed E-state index contributed by atoms with van der Waals surface area (Å²) in [6, 6.07) is 13.4. The molecule has 2 heterocycles. The molecule has 2 aromatic heterocycles. The first-order valence-electron chi connectivity index (χ1n) is 6.21. The molecule has 0 saturated heterocycles. The molecule has 4 aromatic rings. The Hall–Kier alpha value is -1.79. The van der Waals surface area contributed by atoms with Crippen LogP contribution < -0.4 is 4.85 Å². The van der Waals surface area contributed by atoms with E-state index in [2.05, 4.69) is 41.9 Å². The molecule has 0 aliphatic heterocycles. The first kappa shape index (κ1) is 12.9. The van der Waals surface area contributed by atoms with Crippen LogP contribution in [0.5, 0.6) is 0 Å². The maximum absolute atomic E-state index is 12.1. The predicted octanol–water partition coefficient (Wildman–Crippen LogP) is 4.09. The Balaban J connectivity index is 2.28. The summed E-state index contributed by atoms with van der Waals surface area (Å²) in [5.41, 5.74) is 1.73. The summed E-state index contributed by atoms with van der Waals surface area (Å²) in [6.07, 6.45) is 0. The number of aromatic nitrogens is 3. The van der Waals surface area contributed by atoms with Gasteiger partial charge >= 0.3 is 5.65 Å². The van der Waals surface area contributed by atoms with Crippen LogP contribution in [0.25, 0.3) is 32.8 Å². The third-order valence-electron chi connectivity index (χ3n) is 3.39. The van der Waals surface area contributed by atoms with Crippen LogP contribution in [0.15, 0.2) is 51.4 Å². The third kappa shape index (κ3) is 1.98. The van der Waals surface area contributed by atoms with Gasteiger partial charge in [0.2, 0.25) is 0 Å². The van der Waals surface area contributed by atoms with E-state index in [4.69, 9.17) is 0 Å². The SMILES string of the molecule is [O-][n+]1nc2ccccc2c2cc3cc(Br)cc(Br)c3nc21. The number of rotatable bonds is 0. The topological polar surface area (TPSA) is 52.7 Å². The average molecular weight is 405 g/mol. The summed E-state index contributed by atoms with van der Waals surface area (Å²) in [4.78, 5) is 5.08. The van der Waals surface area contributed by atoms with E-state index in [1.165, 1.54) is 0 Å². The van der Waals surface area contributed by atoms with E-state index >= 15 is 0 Å². The fourth-order valence-corrected chi connectivity index (χ4v) is 3.82. The van der Waals surface area contributed by atoms with Gasteiger partial charge in [-0.3, -0.25) is 0 Å². The molecule has 0 bridgehead atoms. The molecule has 6 heteroatoms. The summed E-state index contributed by atoms with van der Waals surface area (Å²) < 4.78 is 1.79. The Bertz CT molecular complexity index is 1030. The van der Waals surface area contributed by atoms with Crippen LogP contribution >= 0.6 is 31.9 Å². The molecule has 0 spiro atoms. The zero-order valence-electron chi connectivity index (χ0n) is 10.5. The minimum absolute atomic E-state index is 0.323. The maximum Gasteiger partial charge on any atom is 0.355 e. The molecule has 0 N–H and O–H groups in total. The summed E-state index contributed by atoms with van der Waals surface area (Å²) in [7, 11) is 0. The number of fused-ring (bicyclic) bond motifs is 4. The van der Waals surface area contributed by atoms with Gasteiger partial charge in [-0.15, -0.1) is 4.85 Å². The van der Waals surface area contributed by atoms with Gasteiger partial charge in [0.15, 0.2) is 5.52 Å². The third-order valence-corrected chi connectivity index (χ3v) is 4.45. The van der Waals surface area contributed by atoms with E-state index in [9.17, 15) is 5.21 Å². The first-order valence-corrected chi connectivity index (χ1v) is 7.80. The van der Waals surface area contributed by atoms with Crippen LogP contribution in [0, 0.1) is 5.21 Å². The second-order valence-electron chi connectivity index (χ2n) is 4.71. The smallest absolute Gasteiger partial charge is 0.355 e. The molecule has 0 amide bonds. The first-order chi connectivity index (χ1) is 10.1. The van der Waals surface area contributed by atoms with Gasteiger partial charge < -0.3 is 5.21 Å². The standard InChI is InChI=1S/C15H7Br2N3O/c16-9-5-8-6-11-10-3-1-2-4-13(10)19-20(21)15(11)18-14(8)12(17)7-9/h1-7H. The number of hydrogen-bond donors (Lipinski definition) is 0. The van der Waals surface area contributed by atoms with Crippen LogP contribution in [-0.2, 0) is 0 Å². The predicted molar refractivity (Wildman–Crippen MR) is 88.9 cm³/mol. The molecule has 0 atom stereocenters. The van der Waals surface area contributed by atoms with Crippen molar-refractivity contribution in [3.05, 3.63) is 56.6 Å². The second kappa shape index (κ2) is 4.61. The lowest BCUT2D eigenvalue weighted by Gasteiger charge is -2.06. The lowest BCUT2D eigenvalue weighted by atomic mass is 10.1. The fraction of sp³-hybridized carbons (Fsp3) is 0. The van der Waals surface area contributed by atoms with E-state index in [0.29, 0.717) is 16.0 Å².